The number of piperidine rings is 1. The lowest BCUT2D eigenvalue weighted by Gasteiger charge is -2.40. The number of fused-ring (bicyclic) bond motifs is 3. The predicted molar refractivity (Wildman–Crippen MR) is 130 cm³/mol. The van der Waals surface area contributed by atoms with Crippen molar-refractivity contribution in [3.05, 3.63) is 72.3 Å². The van der Waals surface area contributed by atoms with Gasteiger partial charge in [-0.2, -0.15) is 0 Å². The molecule has 184 valence electrons. The highest BCUT2D eigenvalue weighted by Gasteiger charge is 2.45. The highest BCUT2D eigenvalue weighted by atomic mass is 16.5. The minimum atomic E-state index is -1.45. The summed E-state index contributed by atoms with van der Waals surface area (Å²) in [5.41, 5.74) is 3.00. The van der Waals surface area contributed by atoms with Crippen LogP contribution in [0.4, 0.5) is 4.79 Å². The molecular weight excluding hydrogens is 448 g/mol. The fraction of sp³-hybridized carbons (Fsp3) is 0.370. The van der Waals surface area contributed by atoms with Crippen molar-refractivity contribution in [3.63, 3.8) is 0 Å². The van der Waals surface area contributed by atoms with Crippen LogP contribution in [0.1, 0.15) is 36.3 Å². The van der Waals surface area contributed by atoms with E-state index < -0.39 is 23.7 Å². The minimum absolute atomic E-state index is 0.0856. The molecule has 2 aromatic carbocycles. The maximum atomic E-state index is 13.2. The zero-order valence-electron chi connectivity index (χ0n) is 19.7. The van der Waals surface area contributed by atoms with E-state index in [1.807, 2.05) is 36.4 Å². The Bertz CT molecular complexity index is 1090. The zero-order chi connectivity index (χ0) is 25.0. The Kier molecular flexibility index (Phi) is 7.21. The van der Waals surface area contributed by atoms with E-state index in [-0.39, 0.29) is 31.4 Å². The first kappa shape index (κ1) is 24.5. The number of hydrogen-bond donors (Lipinski definition) is 2. The molecule has 0 spiro atoms. The van der Waals surface area contributed by atoms with Crippen LogP contribution in [0.3, 0.4) is 0 Å². The number of likely N-dealkylation sites (tertiary alicyclic amines) is 1. The average Bonchev–Trinajstić information content (AvgIpc) is 3.20. The minimum Gasteiger partial charge on any atom is -0.479 e. The van der Waals surface area contributed by atoms with E-state index in [9.17, 15) is 19.5 Å². The molecule has 2 N–H and O–H groups in total. The van der Waals surface area contributed by atoms with Crippen molar-refractivity contribution in [2.45, 2.75) is 36.8 Å². The Morgan fingerprint density at radius 1 is 1.17 bits per heavy atom. The number of methoxy groups -OCH3 is 1. The van der Waals surface area contributed by atoms with E-state index in [0.29, 0.717) is 19.4 Å². The van der Waals surface area contributed by atoms with Crippen LogP contribution >= 0.6 is 0 Å². The highest BCUT2D eigenvalue weighted by Crippen LogP contribution is 2.44. The lowest BCUT2D eigenvalue weighted by Crippen LogP contribution is -2.59. The number of carboxylic acids is 1. The van der Waals surface area contributed by atoms with Gasteiger partial charge in [0.2, 0.25) is 5.91 Å². The summed E-state index contributed by atoms with van der Waals surface area (Å²) in [6.45, 7) is 4.12. The summed E-state index contributed by atoms with van der Waals surface area (Å²) in [6.07, 6.45) is 1.82. The van der Waals surface area contributed by atoms with E-state index in [0.717, 1.165) is 22.3 Å². The molecule has 35 heavy (non-hydrogen) atoms. The number of rotatable bonds is 8. The molecule has 1 aliphatic heterocycles. The van der Waals surface area contributed by atoms with Gasteiger partial charge in [-0.3, -0.25) is 4.79 Å². The monoisotopic (exact) mass is 478 g/mol. The molecule has 1 fully saturated rings. The van der Waals surface area contributed by atoms with E-state index >= 15 is 0 Å². The standard InChI is InChI=1S/C27H30N2O6/c1-3-9-23(24(30)29-15-8-14-27(17-29,34-2)25(31)32)28-26(33)35-16-22-20-12-6-4-10-18(20)19-11-5-7-13-21(19)22/h3-7,10-13,22-23H,1,8-9,14-17H2,2H3,(H,28,33)(H,31,32). The second-order valence-corrected chi connectivity index (χ2v) is 8.91. The number of benzene rings is 2. The normalized spacial score (nSPS) is 19.9. The molecule has 0 radical (unpaired) electrons. The van der Waals surface area contributed by atoms with E-state index in [1.54, 1.807) is 0 Å². The van der Waals surface area contributed by atoms with Gasteiger partial charge < -0.3 is 24.8 Å². The van der Waals surface area contributed by atoms with Gasteiger partial charge in [0.05, 0.1) is 6.54 Å². The molecule has 1 heterocycles. The van der Waals surface area contributed by atoms with Gasteiger partial charge in [0.25, 0.3) is 0 Å². The van der Waals surface area contributed by atoms with Crippen LogP contribution in [0.15, 0.2) is 61.2 Å². The topological polar surface area (TPSA) is 105 Å². The van der Waals surface area contributed by atoms with Crippen molar-refractivity contribution in [3.8, 4) is 11.1 Å². The Balaban J connectivity index is 1.42. The lowest BCUT2D eigenvalue weighted by atomic mass is 9.92. The van der Waals surface area contributed by atoms with Gasteiger partial charge in [-0.15, -0.1) is 6.58 Å². The smallest absolute Gasteiger partial charge is 0.407 e. The maximum absolute atomic E-state index is 13.2. The van der Waals surface area contributed by atoms with E-state index in [1.165, 1.54) is 18.1 Å². The van der Waals surface area contributed by atoms with Crippen LogP contribution in [0.2, 0.25) is 0 Å². The SMILES string of the molecule is C=CCC(NC(=O)OCC1c2ccccc2-c2ccccc21)C(=O)N1CCCC(OC)(C(=O)O)C1. The molecule has 8 heteroatoms. The molecule has 2 atom stereocenters. The number of amides is 2. The van der Waals surface area contributed by atoms with Crippen LogP contribution in [-0.2, 0) is 19.1 Å². The second kappa shape index (κ2) is 10.3. The van der Waals surface area contributed by atoms with Gasteiger partial charge >= 0.3 is 12.1 Å². The van der Waals surface area contributed by atoms with Gasteiger partial charge in [-0.1, -0.05) is 54.6 Å². The van der Waals surface area contributed by atoms with Gasteiger partial charge in [-0.25, -0.2) is 9.59 Å². The third kappa shape index (κ3) is 4.79. The van der Waals surface area contributed by atoms with Gasteiger partial charge in [0.1, 0.15) is 12.6 Å². The summed E-state index contributed by atoms with van der Waals surface area (Å²) in [5.74, 6) is -1.59. The van der Waals surface area contributed by atoms with Crippen LogP contribution < -0.4 is 5.32 Å². The first-order valence-electron chi connectivity index (χ1n) is 11.7. The third-order valence-corrected chi connectivity index (χ3v) is 6.88. The Labute approximate surface area is 204 Å². The van der Waals surface area contributed by atoms with Crippen molar-refractivity contribution < 1.29 is 29.0 Å². The fourth-order valence-electron chi connectivity index (χ4n) is 5.03. The lowest BCUT2D eigenvalue weighted by molar-refractivity contribution is -0.171. The molecule has 0 saturated carbocycles. The number of carboxylic acid groups (broad SMARTS) is 1. The van der Waals surface area contributed by atoms with Crippen molar-refractivity contribution in [2.75, 3.05) is 26.8 Å². The van der Waals surface area contributed by atoms with Crippen molar-refractivity contribution in [2.24, 2.45) is 0 Å². The van der Waals surface area contributed by atoms with E-state index in [2.05, 4.69) is 24.0 Å². The quantitative estimate of drug-likeness (QED) is 0.562. The van der Waals surface area contributed by atoms with Crippen LogP contribution in [0.25, 0.3) is 11.1 Å². The molecule has 2 aliphatic rings. The zero-order valence-corrected chi connectivity index (χ0v) is 19.7. The number of nitrogens with zero attached hydrogens (tertiary/aromatic N) is 1. The molecule has 1 saturated heterocycles. The summed E-state index contributed by atoms with van der Waals surface area (Å²) in [7, 11) is 1.33. The fourth-order valence-corrected chi connectivity index (χ4v) is 5.03. The molecule has 2 aromatic rings. The van der Waals surface area contributed by atoms with Crippen LogP contribution in [0.5, 0.6) is 0 Å². The number of hydrogen-bond acceptors (Lipinski definition) is 5. The number of carbonyl (C=O) groups excluding carboxylic acids is 2. The molecule has 4 rings (SSSR count). The first-order valence-corrected chi connectivity index (χ1v) is 11.7. The Morgan fingerprint density at radius 3 is 2.37 bits per heavy atom. The summed E-state index contributed by atoms with van der Waals surface area (Å²) in [6, 6.07) is 15.2. The van der Waals surface area contributed by atoms with Gasteiger partial charge in [0.15, 0.2) is 5.60 Å². The average molecular weight is 479 g/mol. The van der Waals surface area contributed by atoms with Gasteiger partial charge in [-0.05, 0) is 41.5 Å². The summed E-state index contributed by atoms with van der Waals surface area (Å²) in [4.78, 5) is 39.1. The number of nitrogens with one attached hydrogen (secondary N) is 1. The molecule has 2 amide bonds. The van der Waals surface area contributed by atoms with Crippen molar-refractivity contribution in [1.82, 2.24) is 10.2 Å². The maximum Gasteiger partial charge on any atom is 0.407 e. The molecular formula is C27H30N2O6. The number of alkyl carbamates (subject to hydrolysis) is 1. The first-order chi connectivity index (χ1) is 16.9. The number of ether oxygens (including phenoxy) is 2. The van der Waals surface area contributed by atoms with Crippen LogP contribution in [-0.4, -0.2) is 66.4 Å². The molecule has 1 aliphatic carbocycles. The number of carbonyl (C=O) groups is 3. The predicted octanol–water partition coefficient (Wildman–Crippen LogP) is 3.56. The molecule has 0 aromatic heterocycles. The van der Waals surface area contributed by atoms with Gasteiger partial charge in [0, 0.05) is 19.6 Å². The molecule has 0 bridgehead atoms. The van der Waals surface area contributed by atoms with E-state index in [4.69, 9.17) is 9.47 Å². The summed E-state index contributed by atoms with van der Waals surface area (Å²) >= 11 is 0. The largest absolute Gasteiger partial charge is 0.479 e. The second-order valence-electron chi connectivity index (χ2n) is 8.91. The highest BCUT2D eigenvalue weighted by molar-refractivity contribution is 5.87. The van der Waals surface area contributed by atoms with Crippen molar-refractivity contribution in [1.29, 1.82) is 0 Å². The molecule has 8 nitrogen and oxygen atoms in total. The summed E-state index contributed by atoms with van der Waals surface area (Å²) < 4.78 is 10.8. The number of aliphatic carboxylic acids is 1. The summed E-state index contributed by atoms with van der Waals surface area (Å²) in [5, 5.41) is 12.3. The molecule has 2 unspecified atom stereocenters. The van der Waals surface area contributed by atoms with Crippen LogP contribution in [0, 0.1) is 0 Å². The Morgan fingerprint density at radius 2 is 1.80 bits per heavy atom. The third-order valence-electron chi connectivity index (χ3n) is 6.88. The Hall–Kier alpha value is -3.65. The van der Waals surface area contributed by atoms with Crippen molar-refractivity contribution >= 4 is 18.0 Å².